The monoisotopic (exact) mass is 380 g/mol. The maximum Gasteiger partial charge on any atom is 0.340 e. The number of nitro benzene ring substituents is 1. The second-order valence-corrected chi connectivity index (χ2v) is 7.00. The molecule has 138 valence electrons. The van der Waals surface area contributed by atoms with Crippen molar-refractivity contribution in [2.24, 2.45) is 0 Å². The van der Waals surface area contributed by atoms with E-state index in [1.807, 2.05) is 0 Å². The summed E-state index contributed by atoms with van der Waals surface area (Å²) in [5, 5.41) is 10.9. The van der Waals surface area contributed by atoms with E-state index < -0.39 is 20.9 Å². The van der Waals surface area contributed by atoms with Crippen LogP contribution in [0, 0.1) is 10.1 Å². The van der Waals surface area contributed by atoms with Crippen LogP contribution in [-0.4, -0.2) is 32.7 Å². The van der Waals surface area contributed by atoms with E-state index in [2.05, 4.69) is 4.72 Å². The van der Waals surface area contributed by atoms with Gasteiger partial charge in [-0.25, -0.2) is 13.2 Å². The molecule has 0 saturated carbocycles. The Balaban J connectivity index is 2.22. The highest BCUT2D eigenvalue weighted by atomic mass is 32.2. The number of para-hydroxylation sites is 1. The summed E-state index contributed by atoms with van der Waals surface area (Å²) in [5.74, 6) is -0.462. The van der Waals surface area contributed by atoms with E-state index in [0.29, 0.717) is 11.3 Å². The van der Waals surface area contributed by atoms with Gasteiger partial charge < -0.3 is 9.47 Å². The normalized spacial score (nSPS) is 10.8. The average molecular weight is 380 g/mol. The third kappa shape index (κ3) is 4.93. The van der Waals surface area contributed by atoms with Crippen LogP contribution in [0.5, 0.6) is 5.75 Å². The number of nitrogens with zero attached hydrogens (tertiary/aromatic N) is 1. The van der Waals surface area contributed by atoms with Crippen LogP contribution in [0.25, 0.3) is 0 Å². The van der Waals surface area contributed by atoms with Gasteiger partial charge in [-0.2, -0.15) is 0 Å². The number of nitro groups is 1. The average Bonchev–Trinajstić information content (AvgIpc) is 2.58. The van der Waals surface area contributed by atoms with Gasteiger partial charge in [0, 0.05) is 17.7 Å². The minimum Gasteiger partial charge on any atom is -0.496 e. The van der Waals surface area contributed by atoms with Crippen LogP contribution in [0.2, 0.25) is 0 Å². The highest BCUT2D eigenvalue weighted by Gasteiger charge is 2.17. The number of ether oxygens (including phenoxy) is 2. The molecule has 2 aromatic carbocycles. The maximum absolute atomic E-state index is 12.3. The standard InChI is InChI=1S/C16H16N2O7S/c1-24-15-8-7-12(18(20)21)9-11(15)10-25-16(19)13-5-3-4-6-14(13)17-26(2,22)23/h3-9,17H,10H2,1-2H3. The van der Waals surface area contributed by atoms with Gasteiger partial charge in [-0.15, -0.1) is 0 Å². The molecule has 10 heteroatoms. The summed E-state index contributed by atoms with van der Waals surface area (Å²) in [6.45, 7) is -0.281. The Kier molecular flexibility index (Phi) is 5.78. The van der Waals surface area contributed by atoms with Crippen molar-refractivity contribution in [1.29, 1.82) is 0 Å². The predicted octanol–water partition coefficient (Wildman–Crippen LogP) is 2.33. The molecule has 0 aliphatic rings. The number of nitrogens with one attached hydrogen (secondary N) is 1. The lowest BCUT2D eigenvalue weighted by molar-refractivity contribution is -0.385. The van der Waals surface area contributed by atoms with Gasteiger partial charge in [0.2, 0.25) is 10.0 Å². The molecule has 0 aliphatic carbocycles. The van der Waals surface area contributed by atoms with Gasteiger partial charge >= 0.3 is 5.97 Å². The van der Waals surface area contributed by atoms with Crippen molar-refractivity contribution in [2.45, 2.75) is 6.61 Å². The Bertz CT molecular complexity index is 941. The second kappa shape index (κ2) is 7.83. The molecule has 1 N–H and O–H groups in total. The molecule has 0 heterocycles. The van der Waals surface area contributed by atoms with Gasteiger partial charge in [-0.3, -0.25) is 14.8 Å². The SMILES string of the molecule is COc1ccc([N+](=O)[O-])cc1COC(=O)c1ccccc1NS(C)(=O)=O. The van der Waals surface area contributed by atoms with E-state index in [9.17, 15) is 23.3 Å². The Morgan fingerprint density at radius 2 is 1.92 bits per heavy atom. The highest BCUT2D eigenvalue weighted by molar-refractivity contribution is 7.92. The molecule has 0 aliphatic heterocycles. The molecule has 0 spiro atoms. The van der Waals surface area contributed by atoms with Crippen molar-refractivity contribution in [1.82, 2.24) is 0 Å². The third-order valence-corrected chi connectivity index (χ3v) is 3.87. The summed E-state index contributed by atoms with van der Waals surface area (Å²) in [6, 6.07) is 9.86. The number of hydrogen-bond acceptors (Lipinski definition) is 7. The number of anilines is 1. The van der Waals surface area contributed by atoms with E-state index >= 15 is 0 Å². The summed E-state index contributed by atoms with van der Waals surface area (Å²) < 4.78 is 35.3. The van der Waals surface area contributed by atoms with Gasteiger partial charge in [-0.05, 0) is 18.2 Å². The van der Waals surface area contributed by atoms with Crippen LogP contribution in [0.4, 0.5) is 11.4 Å². The third-order valence-electron chi connectivity index (χ3n) is 3.28. The molecule has 0 saturated heterocycles. The van der Waals surface area contributed by atoms with Crippen molar-refractivity contribution in [3.05, 3.63) is 63.7 Å². The summed E-state index contributed by atoms with van der Waals surface area (Å²) in [5.41, 5.74) is 0.230. The highest BCUT2D eigenvalue weighted by Crippen LogP contribution is 2.25. The zero-order valence-corrected chi connectivity index (χ0v) is 14.8. The summed E-state index contributed by atoms with van der Waals surface area (Å²) in [4.78, 5) is 22.6. The fourth-order valence-electron chi connectivity index (χ4n) is 2.16. The Morgan fingerprint density at radius 1 is 1.23 bits per heavy atom. The van der Waals surface area contributed by atoms with E-state index in [1.54, 1.807) is 12.1 Å². The Hall–Kier alpha value is -3.14. The number of esters is 1. The van der Waals surface area contributed by atoms with Crippen LogP contribution in [0.1, 0.15) is 15.9 Å². The molecule has 0 unspecified atom stereocenters. The molecule has 0 aromatic heterocycles. The van der Waals surface area contributed by atoms with E-state index in [-0.39, 0.29) is 23.5 Å². The molecule has 26 heavy (non-hydrogen) atoms. The van der Waals surface area contributed by atoms with Crippen LogP contribution >= 0.6 is 0 Å². The first-order chi connectivity index (χ1) is 12.2. The van der Waals surface area contributed by atoms with Gasteiger partial charge in [0.15, 0.2) is 0 Å². The van der Waals surface area contributed by atoms with Crippen molar-refractivity contribution in [2.75, 3.05) is 18.1 Å². The molecule has 9 nitrogen and oxygen atoms in total. The van der Waals surface area contributed by atoms with E-state index in [4.69, 9.17) is 9.47 Å². The smallest absolute Gasteiger partial charge is 0.340 e. The summed E-state index contributed by atoms with van der Waals surface area (Å²) >= 11 is 0. The Morgan fingerprint density at radius 3 is 2.54 bits per heavy atom. The number of hydrogen-bond donors (Lipinski definition) is 1. The molecule has 0 fully saturated rings. The zero-order valence-electron chi connectivity index (χ0n) is 14.0. The molecule has 0 amide bonds. The summed E-state index contributed by atoms with van der Waals surface area (Å²) in [6.07, 6.45) is 0.961. The predicted molar refractivity (Wildman–Crippen MR) is 93.7 cm³/mol. The second-order valence-electron chi connectivity index (χ2n) is 5.25. The largest absolute Gasteiger partial charge is 0.496 e. The number of rotatable bonds is 7. The fourth-order valence-corrected chi connectivity index (χ4v) is 2.74. The van der Waals surface area contributed by atoms with Crippen molar-refractivity contribution in [3.8, 4) is 5.75 Å². The maximum atomic E-state index is 12.3. The van der Waals surface area contributed by atoms with Crippen molar-refractivity contribution >= 4 is 27.4 Å². The van der Waals surface area contributed by atoms with Crippen LogP contribution in [0.15, 0.2) is 42.5 Å². The topological polar surface area (TPSA) is 125 Å². The molecule has 2 rings (SSSR count). The quantitative estimate of drug-likeness (QED) is 0.444. The first-order valence-electron chi connectivity index (χ1n) is 7.26. The lowest BCUT2D eigenvalue weighted by atomic mass is 10.1. The number of carbonyl (C=O) groups is 1. The minimum absolute atomic E-state index is 0.0160. The van der Waals surface area contributed by atoms with Crippen molar-refractivity contribution in [3.63, 3.8) is 0 Å². The van der Waals surface area contributed by atoms with Crippen LogP contribution in [0.3, 0.4) is 0 Å². The minimum atomic E-state index is -3.58. The molecule has 0 radical (unpaired) electrons. The molecule has 2 aromatic rings. The number of carbonyl (C=O) groups excluding carboxylic acids is 1. The first-order valence-corrected chi connectivity index (χ1v) is 9.15. The lowest BCUT2D eigenvalue weighted by Gasteiger charge is -2.12. The summed E-state index contributed by atoms with van der Waals surface area (Å²) in [7, 11) is -2.19. The number of methoxy groups -OCH3 is 1. The number of benzene rings is 2. The van der Waals surface area contributed by atoms with Crippen molar-refractivity contribution < 1.29 is 27.6 Å². The lowest BCUT2D eigenvalue weighted by Crippen LogP contribution is -2.14. The molecule has 0 atom stereocenters. The zero-order chi connectivity index (χ0) is 19.3. The Labute approximate surface area is 149 Å². The van der Waals surface area contributed by atoms with E-state index in [0.717, 1.165) is 6.26 Å². The van der Waals surface area contributed by atoms with Gasteiger partial charge in [-0.1, -0.05) is 12.1 Å². The van der Waals surface area contributed by atoms with E-state index in [1.165, 1.54) is 37.4 Å². The molecular weight excluding hydrogens is 364 g/mol. The van der Waals surface area contributed by atoms with Gasteiger partial charge in [0.25, 0.3) is 5.69 Å². The van der Waals surface area contributed by atoms with Gasteiger partial charge in [0.05, 0.1) is 29.5 Å². The number of sulfonamides is 1. The van der Waals surface area contributed by atoms with Crippen LogP contribution < -0.4 is 9.46 Å². The molecule has 0 bridgehead atoms. The number of non-ortho nitro benzene ring substituents is 1. The first kappa shape index (κ1) is 19.2. The van der Waals surface area contributed by atoms with Gasteiger partial charge in [0.1, 0.15) is 12.4 Å². The van der Waals surface area contributed by atoms with Crippen LogP contribution in [-0.2, 0) is 21.4 Å². The fraction of sp³-hybridized carbons (Fsp3) is 0.188. The molecular formula is C16H16N2O7S.